The average Bonchev–Trinajstić information content (AvgIpc) is 3.25. The fourth-order valence-electron chi connectivity index (χ4n) is 7.35. The number of nitrogens with zero attached hydrogens (tertiary/aromatic N) is 1. The molecule has 9 aromatic carbocycles. The van der Waals surface area contributed by atoms with E-state index in [0.29, 0.717) is 0 Å². The summed E-state index contributed by atoms with van der Waals surface area (Å²) in [5, 5.41) is 2.50. The van der Waals surface area contributed by atoms with Crippen LogP contribution in [0.3, 0.4) is 0 Å². The zero-order valence-corrected chi connectivity index (χ0v) is 31.2. The van der Waals surface area contributed by atoms with Crippen molar-refractivity contribution in [2.45, 2.75) is 0 Å². The first-order chi connectivity index (χ1) is 26.7. The zero-order chi connectivity index (χ0) is 36.3. The van der Waals surface area contributed by atoms with Crippen molar-refractivity contribution in [1.82, 2.24) is 0 Å². The SMILES string of the molecule is Brc1ccc(N(c2ccc(-c3ccc(-c4ccccc4)cc3)cc2)c2ccc(-c3cccc4ccccc34)cc2)cc1-c1ccc(-c2ccccc2)cc1. The molecule has 256 valence electrons. The van der Waals surface area contributed by atoms with E-state index in [1.165, 1.54) is 55.3 Å². The van der Waals surface area contributed by atoms with Crippen LogP contribution in [0.2, 0.25) is 0 Å². The Bertz CT molecular complexity index is 2660. The van der Waals surface area contributed by atoms with Crippen LogP contribution >= 0.6 is 15.9 Å². The van der Waals surface area contributed by atoms with E-state index in [0.717, 1.165) is 32.7 Å². The Balaban J connectivity index is 1.09. The molecular weight excluding hydrogens is 718 g/mol. The Hall–Kier alpha value is -6.48. The van der Waals surface area contributed by atoms with Gasteiger partial charge in [-0.15, -0.1) is 0 Å². The fraction of sp³-hybridized carbons (Fsp3) is 0. The summed E-state index contributed by atoms with van der Waals surface area (Å²) < 4.78 is 1.05. The van der Waals surface area contributed by atoms with Crippen molar-refractivity contribution >= 4 is 43.8 Å². The zero-order valence-electron chi connectivity index (χ0n) is 29.6. The maximum absolute atomic E-state index is 3.88. The molecule has 9 rings (SSSR count). The summed E-state index contributed by atoms with van der Waals surface area (Å²) >= 11 is 3.88. The van der Waals surface area contributed by atoms with Gasteiger partial charge < -0.3 is 4.90 Å². The monoisotopic (exact) mass is 753 g/mol. The second-order valence-corrected chi connectivity index (χ2v) is 14.4. The van der Waals surface area contributed by atoms with Crippen LogP contribution in [0.5, 0.6) is 0 Å². The summed E-state index contributed by atoms with van der Waals surface area (Å²) in [6, 6.07) is 78.4. The molecule has 0 aromatic heterocycles. The minimum atomic E-state index is 1.05. The second kappa shape index (κ2) is 14.9. The predicted octanol–water partition coefficient (Wildman–Crippen LogP) is 15.4. The van der Waals surface area contributed by atoms with E-state index < -0.39 is 0 Å². The third-order valence-corrected chi connectivity index (χ3v) is 10.9. The molecule has 0 radical (unpaired) electrons. The van der Waals surface area contributed by atoms with Gasteiger partial charge in [-0.1, -0.05) is 192 Å². The predicted molar refractivity (Wildman–Crippen MR) is 234 cm³/mol. The van der Waals surface area contributed by atoms with Gasteiger partial charge in [0.2, 0.25) is 0 Å². The Kier molecular flexibility index (Phi) is 9.19. The molecule has 0 fully saturated rings. The maximum Gasteiger partial charge on any atom is 0.0468 e. The van der Waals surface area contributed by atoms with Crippen molar-refractivity contribution in [2.24, 2.45) is 0 Å². The summed E-state index contributed by atoms with van der Waals surface area (Å²) in [7, 11) is 0. The first kappa shape index (κ1) is 33.4. The molecule has 0 N–H and O–H groups in total. The smallest absolute Gasteiger partial charge is 0.0468 e. The van der Waals surface area contributed by atoms with Crippen molar-refractivity contribution in [3.05, 3.63) is 223 Å². The third-order valence-electron chi connectivity index (χ3n) is 10.2. The van der Waals surface area contributed by atoms with Gasteiger partial charge in [0.1, 0.15) is 0 Å². The van der Waals surface area contributed by atoms with Crippen molar-refractivity contribution in [2.75, 3.05) is 4.90 Å². The molecule has 54 heavy (non-hydrogen) atoms. The number of rotatable bonds is 8. The molecule has 0 saturated carbocycles. The molecule has 0 unspecified atom stereocenters. The van der Waals surface area contributed by atoms with Gasteiger partial charge in [-0.25, -0.2) is 0 Å². The average molecular weight is 755 g/mol. The highest BCUT2D eigenvalue weighted by Crippen LogP contribution is 2.41. The summed E-state index contributed by atoms with van der Waals surface area (Å²) in [6.07, 6.45) is 0. The second-order valence-electron chi connectivity index (χ2n) is 13.5. The summed E-state index contributed by atoms with van der Waals surface area (Å²) in [6.45, 7) is 0. The topological polar surface area (TPSA) is 3.24 Å². The van der Waals surface area contributed by atoms with Crippen LogP contribution in [-0.4, -0.2) is 0 Å². The first-order valence-corrected chi connectivity index (χ1v) is 19.1. The van der Waals surface area contributed by atoms with Gasteiger partial charge in [0, 0.05) is 21.5 Å². The van der Waals surface area contributed by atoms with Crippen LogP contribution in [0.15, 0.2) is 223 Å². The molecular formula is C52H36BrN. The van der Waals surface area contributed by atoms with Crippen LogP contribution in [0.25, 0.3) is 66.4 Å². The van der Waals surface area contributed by atoms with E-state index in [1.807, 2.05) is 0 Å². The Labute approximate surface area is 325 Å². The molecule has 0 heterocycles. The molecule has 0 amide bonds. The van der Waals surface area contributed by atoms with Gasteiger partial charge in [-0.05, 0) is 109 Å². The van der Waals surface area contributed by atoms with Gasteiger partial charge in [-0.3, -0.25) is 0 Å². The van der Waals surface area contributed by atoms with Crippen molar-refractivity contribution in [3.8, 4) is 55.6 Å². The van der Waals surface area contributed by atoms with E-state index in [4.69, 9.17) is 0 Å². The Morgan fingerprint density at radius 2 is 0.667 bits per heavy atom. The molecule has 1 nitrogen and oxygen atoms in total. The minimum absolute atomic E-state index is 1.05. The highest BCUT2D eigenvalue weighted by molar-refractivity contribution is 9.10. The molecule has 2 heteroatoms. The highest BCUT2D eigenvalue weighted by Gasteiger charge is 2.16. The van der Waals surface area contributed by atoms with Gasteiger partial charge in [-0.2, -0.15) is 0 Å². The van der Waals surface area contributed by atoms with Crippen LogP contribution < -0.4 is 4.90 Å². The van der Waals surface area contributed by atoms with Crippen LogP contribution in [0, 0.1) is 0 Å². The van der Waals surface area contributed by atoms with E-state index in [9.17, 15) is 0 Å². The van der Waals surface area contributed by atoms with Gasteiger partial charge in [0.05, 0.1) is 0 Å². The summed E-state index contributed by atoms with van der Waals surface area (Å²) in [5.41, 5.74) is 15.2. The Morgan fingerprint density at radius 3 is 1.22 bits per heavy atom. The number of benzene rings is 9. The lowest BCUT2D eigenvalue weighted by atomic mass is 9.97. The fourth-order valence-corrected chi connectivity index (χ4v) is 7.83. The lowest BCUT2D eigenvalue weighted by molar-refractivity contribution is 1.28. The quantitative estimate of drug-likeness (QED) is 0.149. The number of fused-ring (bicyclic) bond motifs is 1. The highest BCUT2D eigenvalue weighted by atomic mass is 79.9. The number of hydrogen-bond donors (Lipinski definition) is 0. The summed E-state index contributed by atoms with van der Waals surface area (Å²) in [5.74, 6) is 0. The normalized spacial score (nSPS) is 11.1. The van der Waals surface area contributed by atoms with Crippen molar-refractivity contribution in [1.29, 1.82) is 0 Å². The summed E-state index contributed by atoms with van der Waals surface area (Å²) in [4.78, 5) is 2.35. The molecule has 0 spiro atoms. The largest absolute Gasteiger partial charge is 0.310 e. The standard InChI is InChI=1S/C52H36BrN/c53-52-35-34-48(36-51(52)45-24-22-40(23-25-45)38-12-5-2-6-13-38)54(47-32-28-44(29-33-47)50-17-9-15-43-14-7-8-16-49(43)50)46-30-26-42(27-31-46)41-20-18-39(19-21-41)37-10-3-1-4-11-37/h1-36H. The molecule has 0 saturated heterocycles. The van der Waals surface area contributed by atoms with E-state index >= 15 is 0 Å². The van der Waals surface area contributed by atoms with Gasteiger partial charge >= 0.3 is 0 Å². The van der Waals surface area contributed by atoms with Gasteiger partial charge in [0.15, 0.2) is 0 Å². The lowest BCUT2D eigenvalue weighted by Gasteiger charge is -2.27. The molecule has 0 atom stereocenters. The molecule has 0 aliphatic carbocycles. The van der Waals surface area contributed by atoms with E-state index in [2.05, 4.69) is 239 Å². The lowest BCUT2D eigenvalue weighted by Crippen LogP contribution is -2.10. The number of hydrogen-bond acceptors (Lipinski definition) is 1. The molecule has 9 aromatic rings. The van der Waals surface area contributed by atoms with Crippen LogP contribution in [0.4, 0.5) is 17.1 Å². The maximum atomic E-state index is 3.88. The minimum Gasteiger partial charge on any atom is -0.310 e. The van der Waals surface area contributed by atoms with Crippen molar-refractivity contribution < 1.29 is 0 Å². The molecule has 0 aliphatic rings. The van der Waals surface area contributed by atoms with Crippen molar-refractivity contribution in [3.63, 3.8) is 0 Å². The van der Waals surface area contributed by atoms with Gasteiger partial charge in [0.25, 0.3) is 0 Å². The van der Waals surface area contributed by atoms with E-state index in [-0.39, 0.29) is 0 Å². The number of anilines is 3. The molecule has 0 bridgehead atoms. The first-order valence-electron chi connectivity index (χ1n) is 18.3. The van der Waals surface area contributed by atoms with Crippen LogP contribution in [-0.2, 0) is 0 Å². The van der Waals surface area contributed by atoms with E-state index in [1.54, 1.807) is 0 Å². The third kappa shape index (κ3) is 6.76. The van der Waals surface area contributed by atoms with Crippen LogP contribution in [0.1, 0.15) is 0 Å². The molecule has 0 aliphatic heterocycles. The number of halogens is 1. The Morgan fingerprint density at radius 1 is 0.278 bits per heavy atom.